The van der Waals surface area contributed by atoms with Crippen LogP contribution in [0.1, 0.15) is 10.6 Å². The van der Waals surface area contributed by atoms with Crippen LogP contribution in [0.3, 0.4) is 0 Å². The first kappa shape index (κ1) is 16.7. The number of thiazole rings is 1. The third-order valence-electron chi connectivity index (χ3n) is 3.28. The van der Waals surface area contributed by atoms with E-state index in [1.165, 1.54) is 23.5 Å². The molecule has 2 nitrogen and oxygen atoms in total. The lowest BCUT2D eigenvalue weighted by atomic mass is 10.1. The molecule has 0 radical (unpaired) electrons. The van der Waals surface area contributed by atoms with Crippen molar-refractivity contribution in [3.8, 4) is 17.3 Å². The maximum absolute atomic E-state index is 13.8. The van der Waals surface area contributed by atoms with Crippen LogP contribution in [0.5, 0.6) is 0 Å². The molecule has 0 unspecified atom stereocenters. The van der Waals surface area contributed by atoms with Crippen LogP contribution in [0.4, 0.5) is 4.39 Å². The molecular formula is C18H9Cl2FN2S. The zero-order chi connectivity index (χ0) is 17.1. The highest BCUT2D eigenvalue weighted by atomic mass is 35.5. The minimum atomic E-state index is -0.383. The summed E-state index contributed by atoms with van der Waals surface area (Å²) in [5, 5.41) is 12.6. The Kier molecular flexibility index (Phi) is 4.96. The third-order valence-corrected chi connectivity index (χ3v) is 4.89. The highest BCUT2D eigenvalue weighted by Crippen LogP contribution is 2.31. The summed E-state index contributed by atoms with van der Waals surface area (Å²) in [5.41, 5.74) is 2.13. The number of benzene rings is 2. The van der Waals surface area contributed by atoms with Gasteiger partial charge >= 0.3 is 0 Å². The molecule has 0 amide bonds. The van der Waals surface area contributed by atoms with Gasteiger partial charge in [-0.1, -0.05) is 47.5 Å². The van der Waals surface area contributed by atoms with Gasteiger partial charge in [0, 0.05) is 16.5 Å². The van der Waals surface area contributed by atoms with Crippen LogP contribution in [-0.4, -0.2) is 4.98 Å². The van der Waals surface area contributed by atoms with Crippen LogP contribution < -0.4 is 0 Å². The van der Waals surface area contributed by atoms with Crippen molar-refractivity contribution in [2.24, 2.45) is 0 Å². The fraction of sp³-hybridized carbons (Fsp3) is 0. The molecule has 0 saturated heterocycles. The SMILES string of the molecule is N#CC(=Cc1ccccc1F)c1nc(-c2ccc(Cl)c(Cl)c2)cs1. The summed E-state index contributed by atoms with van der Waals surface area (Å²) in [5.74, 6) is -0.383. The number of rotatable bonds is 3. The second-order valence-corrected chi connectivity index (χ2v) is 6.53. The Morgan fingerprint density at radius 2 is 1.96 bits per heavy atom. The Hall–Kier alpha value is -2.19. The summed E-state index contributed by atoms with van der Waals surface area (Å²) in [6.45, 7) is 0. The van der Waals surface area contributed by atoms with Gasteiger partial charge < -0.3 is 0 Å². The fourth-order valence-corrected chi connectivity index (χ4v) is 3.17. The molecule has 24 heavy (non-hydrogen) atoms. The Morgan fingerprint density at radius 3 is 2.67 bits per heavy atom. The summed E-state index contributed by atoms with van der Waals surface area (Å²) in [7, 11) is 0. The number of hydrogen-bond donors (Lipinski definition) is 0. The van der Waals surface area contributed by atoms with Gasteiger partial charge in [0.25, 0.3) is 0 Å². The number of allylic oxidation sites excluding steroid dienone is 1. The second-order valence-electron chi connectivity index (χ2n) is 4.86. The number of hydrogen-bond acceptors (Lipinski definition) is 3. The maximum atomic E-state index is 13.8. The summed E-state index contributed by atoms with van der Waals surface area (Å²) < 4.78 is 13.8. The Labute approximate surface area is 152 Å². The van der Waals surface area contributed by atoms with Crippen molar-refractivity contribution in [3.05, 3.63) is 74.3 Å². The van der Waals surface area contributed by atoms with Crippen LogP contribution in [0.25, 0.3) is 22.9 Å². The van der Waals surface area contributed by atoms with E-state index < -0.39 is 0 Å². The molecule has 0 fully saturated rings. The first-order chi connectivity index (χ1) is 11.6. The van der Waals surface area contributed by atoms with Crippen LogP contribution in [0.2, 0.25) is 10.0 Å². The minimum Gasteiger partial charge on any atom is -0.235 e. The van der Waals surface area contributed by atoms with E-state index in [9.17, 15) is 9.65 Å². The predicted molar refractivity (Wildman–Crippen MR) is 97.5 cm³/mol. The van der Waals surface area contributed by atoms with Crippen molar-refractivity contribution in [1.29, 1.82) is 5.26 Å². The minimum absolute atomic E-state index is 0.302. The molecule has 3 aromatic rings. The molecule has 1 aromatic heterocycles. The van der Waals surface area contributed by atoms with Crippen molar-refractivity contribution in [3.63, 3.8) is 0 Å². The Bertz CT molecular complexity index is 973. The third kappa shape index (κ3) is 3.49. The first-order valence-corrected chi connectivity index (χ1v) is 8.49. The summed E-state index contributed by atoms with van der Waals surface area (Å²) in [6, 6.07) is 13.6. The highest BCUT2D eigenvalue weighted by molar-refractivity contribution is 7.11. The molecule has 0 N–H and O–H groups in total. The van der Waals surface area contributed by atoms with Crippen LogP contribution in [-0.2, 0) is 0 Å². The highest BCUT2D eigenvalue weighted by Gasteiger charge is 2.11. The van der Waals surface area contributed by atoms with Gasteiger partial charge in [-0.2, -0.15) is 5.26 Å². The number of nitriles is 1. The molecule has 0 atom stereocenters. The van der Waals surface area contributed by atoms with E-state index in [0.717, 1.165) is 5.56 Å². The first-order valence-electron chi connectivity index (χ1n) is 6.86. The van der Waals surface area contributed by atoms with Crippen LogP contribution in [0, 0.1) is 17.1 Å². The normalized spacial score (nSPS) is 11.3. The molecule has 118 valence electrons. The van der Waals surface area contributed by atoms with E-state index in [2.05, 4.69) is 11.1 Å². The number of halogens is 3. The van der Waals surface area contributed by atoms with Crippen LogP contribution in [0.15, 0.2) is 47.8 Å². The second kappa shape index (κ2) is 7.14. The average molecular weight is 375 g/mol. The standard InChI is InChI=1S/C18H9Cl2FN2S/c19-14-6-5-12(8-15(14)20)17-10-24-18(23-17)13(9-22)7-11-3-1-2-4-16(11)21/h1-8,10H. The van der Waals surface area contributed by atoms with Gasteiger partial charge in [0.15, 0.2) is 0 Å². The molecule has 0 aliphatic carbocycles. The largest absolute Gasteiger partial charge is 0.235 e. The molecule has 0 spiro atoms. The molecular weight excluding hydrogens is 366 g/mol. The topological polar surface area (TPSA) is 36.7 Å². The molecule has 6 heteroatoms. The lowest BCUT2D eigenvalue weighted by molar-refractivity contribution is 0.625. The predicted octanol–water partition coefficient (Wildman–Crippen LogP) is 6.32. The monoisotopic (exact) mass is 374 g/mol. The molecule has 2 aromatic carbocycles. The van der Waals surface area contributed by atoms with Gasteiger partial charge in [-0.25, -0.2) is 9.37 Å². The van der Waals surface area contributed by atoms with Gasteiger partial charge in [0.2, 0.25) is 0 Å². The molecule has 0 saturated carbocycles. The Morgan fingerprint density at radius 1 is 1.17 bits per heavy atom. The van der Waals surface area contributed by atoms with E-state index in [1.807, 2.05) is 5.38 Å². The average Bonchev–Trinajstić information content (AvgIpc) is 3.06. The zero-order valence-corrected chi connectivity index (χ0v) is 14.5. The lowest BCUT2D eigenvalue weighted by Gasteiger charge is -2.00. The zero-order valence-electron chi connectivity index (χ0n) is 12.1. The van der Waals surface area contributed by atoms with Crippen molar-refractivity contribution in [2.45, 2.75) is 0 Å². The van der Waals surface area contributed by atoms with Crippen molar-refractivity contribution in [2.75, 3.05) is 0 Å². The van der Waals surface area contributed by atoms with Crippen molar-refractivity contribution in [1.82, 2.24) is 4.98 Å². The quantitative estimate of drug-likeness (QED) is 0.502. The van der Waals surface area contributed by atoms with Gasteiger partial charge in [-0.3, -0.25) is 0 Å². The van der Waals surface area contributed by atoms with Gasteiger partial charge in [-0.05, 0) is 24.3 Å². The molecule has 1 heterocycles. The van der Waals surface area contributed by atoms with E-state index in [0.29, 0.717) is 31.9 Å². The van der Waals surface area contributed by atoms with E-state index in [-0.39, 0.29) is 5.82 Å². The Balaban J connectivity index is 1.98. The lowest BCUT2D eigenvalue weighted by Crippen LogP contribution is -1.85. The maximum Gasteiger partial charge on any atom is 0.134 e. The number of nitrogens with zero attached hydrogens (tertiary/aromatic N) is 2. The molecule has 3 rings (SSSR count). The molecule has 0 bridgehead atoms. The van der Waals surface area contributed by atoms with Crippen LogP contribution >= 0.6 is 34.5 Å². The van der Waals surface area contributed by atoms with E-state index in [1.54, 1.807) is 36.4 Å². The van der Waals surface area contributed by atoms with E-state index in [4.69, 9.17) is 23.2 Å². The molecule has 0 aliphatic rings. The summed E-state index contributed by atoms with van der Waals surface area (Å²) >= 11 is 13.2. The molecule has 0 aliphatic heterocycles. The fourth-order valence-electron chi connectivity index (χ4n) is 2.07. The smallest absolute Gasteiger partial charge is 0.134 e. The summed E-state index contributed by atoms with van der Waals surface area (Å²) in [4.78, 5) is 4.45. The van der Waals surface area contributed by atoms with E-state index >= 15 is 0 Å². The van der Waals surface area contributed by atoms with Crippen molar-refractivity contribution < 1.29 is 4.39 Å². The summed E-state index contributed by atoms with van der Waals surface area (Å²) in [6.07, 6.45) is 1.49. The number of aromatic nitrogens is 1. The van der Waals surface area contributed by atoms with Gasteiger partial charge in [0.05, 0.1) is 21.3 Å². The van der Waals surface area contributed by atoms with Crippen molar-refractivity contribution >= 4 is 46.2 Å². The van der Waals surface area contributed by atoms with Gasteiger partial charge in [0.1, 0.15) is 16.9 Å². The van der Waals surface area contributed by atoms with Gasteiger partial charge in [-0.15, -0.1) is 11.3 Å².